The Morgan fingerprint density at radius 1 is 1.23 bits per heavy atom. The zero-order valence-corrected chi connectivity index (χ0v) is 24.5. The summed E-state index contributed by atoms with van der Waals surface area (Å²) in [6.45, 7) is 8.15. The van der Waals surface area contributed by atoms with E-state index in [0.717, 1.165) is 37.5 Å². The highest BCUT2D eigenvalue weighted by molar-refractivity contribution is 7.23. The van der Waals surface area contributed by atoms with Crippen molar-refractivity contribution < 1.29 is 18.3 Å². The monoisotopic (exact) mass is 614 g/mol. The minimum Gasteiger partial charge on any atom is -0.472 e. The van der Waals surface area contributed by atoms with Gasteiger partial charge in [0.15, 0.2) is 5.82 Å². The quantitative estimate of drug-likeness (QED) is 0.320. The zero-order chi connectivity index (χ0) is 30.3. The van der Waals surface area contributed by atoms with Crippen molar-refractivity contribution in [2.24, 2.45) is 5.41 Å². The van der Waals surface area contributed by atoms with Gasteiger partial charge in [-0.05, 0) is 36.5 Å². The van der Waals surface area contributed by atoms with E-state index in [1.54, 1.807) is 4.90 Å². The molecule has 8 rings (SSSR count). The number of pyridine rings is 1. The van der Waals surface area contributed by atoms with Crippen molar-refractivity contribution in [3.8, 4) is 23.2 Å². The summed E-state index contributed by atoms with van der Waals surface area (Å²) in [5.74, 6) is -0.926. The van der Waals surface area contributed by atoms with Gasteiger partial charge in [-0.2, -0.15) is 10.2 Å². The molecule has 1 saturated carbocycles. The number of nitrogens with two attached hydrogens (primary N) is 1. The van der Waals surface area contributed by atoms with Gasteiger partial charge in [-0.25, -0.2) is 13.8 Å². The molecular formula is C31H28F2N8O2S. The van der Waals surface area contributed by atoms with Gasteiger partial charge in [0.1, 0.15) is 34.2 Å². The lowest BCUT2D eigenvalue weighted by molar-refractivity contribution is -0.125. The Hall–Kier alpha value is -4.41. The third-order valence-electron chi connectivity index (χ3n) is 9.43. The molecule has 44 heavy (non-hydrogen) atoms. The number of rotatable bonds is 6. The van der Waals surface area contributed by atoms with Crippen LogP contribution >= 0.6 is 11.3 Å². The highest BCUT2D eigenvalue weighted by Gasteiger charge is 2.55. The van der Waals surface area contributed by atoms with Crippen LogP contribution in [-0.4, -0.2) is 82.1 Å². The second kappa shape index (κ2) is 9.80. The maximum atomic E-state index is 16.6. The van der Waals surface area contributed by atoms with Crippen LogP contribution in [0.4, 0.5) is 19.7 Å². The number of thiophene rings is 1. The molecule has 1 aliphatic carbocycles. The number of amides is 1. The summed E-state index contributed by atoms with van der Waals surface area (Å²) >= 11 is 0.942. The highest BCUT2D eigenvalue weighted by Crippen LogP contribution is 2.54. The SMILES string of the molecule is C=CC(=O)N1CCC(Oc2nc(N3CC(N4CC5(CC5)C4)C3)nc3c(F)c(-c4ccc(F)c5sc(N)c(C#N)c45)ncc23)C1. The maximum absolute atomic E-state index is 16.6. The van der Waals surface area contributed by atoms with E-state index in [1.165, 1.54) is 37.2 Å². The standard InChI is InChI=1S/C31H28F2N8O2S/c1-2-22(42)39-8-5-17(13-39)43-29-20-10-36-25(18-3-4-21(32)27-23(18)19(9-34)28(35)44-27)24(33)26(20)37-30(38-29)40-11-16(12-40)41-14-31(15-41)6-7-31/h2-4,10,16-17H,1,5-8,11-15,35H2. The van der Waals surface area contributed by atoms with Crippen LogP contribution in [0.3, 0.4) is 0 Å². The molecular weight excluding hydrogens is 586 g/mol. The minimum atomic E-state index is -0.733. The van der Waals surface area contributed by atoms with Crippen LogP contribution < -0.4 is 15.4 Å². The Balaban J connectivity index is 1.19. The first-order chi connectivity index (χ1) is 21.3. The number of nitrogen functional groups attached to an aromatic ring is 1. The largest absolute Gasteiger partial charge is 0.472 e. The second-order valence-electron chi connectivity index (χ2n) is 12.2. The van der Waals surface area contributed by atoms with Gasteiger partial charge in [-0.15, -0.1) is 11.3 Å². The number of nitriles is 1. The van der Waals surface area contributed by atoms with Crippen LogP contribution in [0.15, 0.2) is 31.0 Å². The molecule has 0 bridgehead atoms. The molecule has 0 radical (unpaired) electrons. The minimum absolute atomic E-state index is 0.00976. The molecule has 1 spiro atoms. The van der Waals surface area contributed by atoms with Crippen molar-refractivity contribution in [1.29, 1.82) is 5.26 Å². The smallest absolute Gasteiger partial charge is 0.246 e. The van der Waals surface area contributed by atoms with Crippen LogP contribution in [0.5, 0.6) is 5.88 Å². The van der Waals surface area contributed by atoms with Gasteiger partial charge in [-0.3, -0.25) is 14.7 Å². The van der Waals surface area contributed by atoms with Crippen LogP contribution in [0.1, 0.15) is 24.8 Å². The molecule has 1 unspecified atom stereocenters. The average Bonchev–Trinajstić information content (AvgIpc) is 3.51. The van der Waals surface area contributed by atoms with E-state index in [-0.39, 0.29) is 60.7 Å². The fraction of sp³-hybridized carbons (Fsp3) is 0.387. The van der Waals surface area contributed by atoms with E-state index in [4.69, 9.17) is 15.5 Å². The van der Waals surface area contributed by atoms with Crippen molar-refractivity contribution in [2.75, 3.05) is 49.9 Å². The molecule has 2 N–H and O–H groups in total. The molecule has 4 aliphatic rings. The van der Waals surface area contributed by atoms with Crippen molar-refractivity contribution >= 4 is 49.2 Å². The molecule has 10 nitrogen and oxygen atoms in total. The molecule has 13 heteroatoms. The number of anilines is 2. The maximum Gasteiger partial charge on any atom is 0.246 e. The fourth-order valence-electron chi connectivity index (χ4n) is 6.66. The number of carbonyl (C=O) groups is 1. The first kappa shape index (κ1) is 27.2. The summed E-state index contributed by atoms with van der Waals surface area (Å²) in [5, 5.41) is 10.4. The molecule has 4 aromatic rings. The highest BCUT2D eigenvalue weighted by atomic mass is 32.1. The van der Waals surface area contributed by atoms with Gasteiger partial charge in [0.25, 0.3) is 0 Å². The van der Waals surface area contributed by atoms with E-state index in [0.29, 0.717) is 36.9 Å². The molecule has 3 aliphatic heterocycles. The van der Waals surface area contributed by atoms with Gasteiger partial charge < -0.3 is 20.3 Å². The van der Waals surface area contributed by atoms with Crippen LogP contribution in [0.2, 0.25) is 0 Å². The number of aromatic nitrogens is 3. The van der Waals surface area contributed by atoms with E-state index < -0.39 is 11.6 Å². The lowest BCUT2D eigenvalue weighted by Crippen LogP contribution is -2.66. The van der Waals surface area contributed by atoms with Crippen LogP contribution in [0, 0.1) is 28.4 Å². The number of hydrogen-bond acceptors (Lipinski definition) is 10. The second-order valence-corrected chi connectivity index (χ2v) is 13.3. The number of fused-ring (bicyclic) bond motifs is 2. The number of carbonyl (C=O) groups excluding carboxylic acids is 1. The first-order valence-electron chi connectivity index (χ1n) is 14.6. The lowest BCUT2D eigenvalue weighted by Gasteiger charge is -2.52. The number of ether oxygens (including phenoxy) is 1. The van der Waals surface area contributed by atoms with Gasteiger partial charge in [-0.1, -0.05) is 6.58 Å². The molecule has 3 aromatic heterocycles. The number of nitrogens with zero attached hydrogens (tertiary/aromatic N) is 7. The molecule has 224 valence electrons. The molecule has 3 saturated heterocycles. The van der Waals surface area contributed by atoms with E-state index in [1.807, 2.05) is 11.0 Å². The van der Waals surface area contributed by atoms with Crippen molar-refractivity contribution in [1.82, 2.24) is 24.8 Å². The van der Waals surface area contributed by atoms with Crippen molar-refractivity contribution in [3.63, 3.8) is 0 Å². The fourth-order valence-corrected chi connectivity index (χ4v) is 7.61. The molecule has 1 atom stereocenters. The van der Waals surface area contributed by atoms with Gasteiger partial charge >= 0.3 is 0 Å². The number of likely N-dealkylation sites (tertiary alicyclic amines) is 2. The molecule has 4 fully saturated rings. The lowest BCUT2D eigenvalue weighted by atomic mass is 9.92. The predicted molar refractivity (Wildman–Crippen MR) is 162 cm³/mol. The topological polar surface area (TPSA) is 125 Å². The summed E-state index contributed by atoms with van der Waals surface area (Å²) in [4.78, 5) is 32.1. The summed E-state index contributed by atoms with van der Waals surface area (Å²) in [6.07, 6.45) is 5.58. The Bertz CT molecular complexity index is 1920. The number of hydrogen-bond donors (Lipinski definition) is 1. The zero-order valence-electron chi connectivity index (χ0n) is 23.7. The Labute approximate surface area is 255 Å². The average molecular weight is 615 g/mol. The Morgan fingerprint density at radius 2 is 2.02 bits per heavy atom. The van der Waals surface area contributed by atoms with E-state index in [9.17, 15) is 14.4 Å². The molecule has 6 heterocycles. The Morgan fingerprint density at radius 3 is 2.75 bits per heavy atom. The summed E-state index contributed by atoms with van der Waals surface area (Å²) in [7, 11) is 0. The van der Waals surface area contributed by atoms with Gasteiger partial charge in [0, 0.05) is 62.3 Å². The first-order valence-corrected chi connectivity index (χ1v) is 15.4. The molecule has 1 aromatic carbocycles. The molecule has 1 amide bonds. The summed E-state index contributed by atoms with van der Waals surface area (Å²) in [5.41, 5.74) is 6.84. The van der Waals surface area contributed by atoms with E-state index >= 15 is 4.39 Å². The van der Waals surface area contributed by atoms with Crippen LogP contribution in [0.25, 0.3) is 32.2 Å². The third-order valence-corrected chi connectivity index (χ3v) is 10.5. The number of benzene rings is 1. The summed E-state index contributed by atoms with van der Waals surface area (Å²) in [6, 6.07) is 5.05. The van der Waals surface area contributed by atoms with Gasteiger partial charge in [0.05, 0.1) is 22.2 Å². The summed E-state index contributed by atoms with van der Waals surface area (Å²) < 4.78 is 37.7. The van der Waals surface area contributed by atoms with Crippen molar-refractivity contribution in [2.45, 2.75) is 31.4 Å². The number of halogens is 2. The Kier molecular flexibility index (Phi) is 6.05. The van der Waals surface area contributed by atoms with Crippen LogP contribution in [-0.2, 0) is 4.79 Å². The van der Waals surface area contributed by atoms with E-state index in [2.05, 4.69) is 21.4 Å². The van der Waals surface area contributed by atoms with Crippen molar-refractivity contribution in [3.05, 3.63) is 48.2 Å². The van der Waals surface area contributed by atoms with Gasteiger partial charge in [0.2, 0.25) is 17.7 Å². The predicted octanol–water partition coefficient (Wildman–Crippen LogP) is 4.09. The normalized spacial score (nSPS) is 21.0. The third kappa shape index (κ3) is 4.19.